The van der Waals surface area contributed by atoms with E-state index >= 15 is 0 Å². The van der Waals surface area contributed by atoms with Gasteiger partial charge in [-0.2, -0.15) is 4.98 Å². The van der Waals surface area contributed by atoms with Crippen molar-refractivity contribution in [2.75, 3.05) is 31.1 Å². The first-order valence-corrected chi connectivity index (χ1v) is 14.7. The Bertz CT molecular complexity index is 1840. The molecule has 6 aromatic rings. The van der Waals surface area contributed by atoms with Gasteiger partial charge in [-0.15, -0.1) is 11.3 Å². The summed E-state index contributed by atoms with van der Waals surface area (Å²) in [6, 6.07) is 27.0. The second-order valence-corrected chi connectivity index (χ2v) is 11.6. The minimum atomic E-state index is 0.168. The summed E-state index contributed by atoms with van der Waals surface area (Å²) in [4.78, 5) is 28.2. The van der Waals surface area contributed by atoms with Crippen LogP contribution in [0.4, 0.5) is 5.82 Å². The van der Waals surface area contributed by atoms with E-state index in [-0.39, 0.29) is 5.91 Å². The number of fused-ring (bicyclic) bond motifs is 2. The van der Waals surface area contributed by atoms with E-state index in [9.17, 15) is 4.79 Å². The molecule has 1 aliphatic rings. The van der Waals surface area contributed by atoms with Gasteiger partial charge in [0.25, 0.3) is 5.71 Å². The molecule has 1 fully saturated rings. The maximum Gasteiger partial charge on any atom is 0.263 e. The van der Waals surface area contributed by atoms with E-state index in [1.54, 1.807) is 11.3 Å². The lowest BCUT2D eigenvalue weighted by Crippen LogP contribution is -2.49. The lowest BCUT2D eigenvalue weighted by atomic mass is 10.0. The zero-order chi connectivity index (χ0) is 27.8. The fourth-order valence-electron chi connectivity index (χ4n) is 5.45. The molecule has 3 aromatic heterocycles. The Morgan fingerprint density at radius 3 is 2.49 bits per heavy atom. The number of nitrogens with zero attached hydrogens (tertiary/aromatic N) is 5. The van der Waals surface area contributed by atoms with E-state index in [4.69, 9.17) is 14.5 Å². The Hall–Kier alpha value is -4.56. The quantitative estimate of drug-likeness (QED) is 0.239. The lowest BCUT2D eigenvalue weighted by Gasteiger charge is -2.35. The number of thiophene rings is 1. The number of aryl methyl sites for hydroxylation is 1. The second kappa shape index (κ2) is 10.8. The van der Waals surface area contributed by atoms with Gasteiger partial charge in [0.05, 0.1) is 6.42 Å². The molecule has 204 valence electrons. The van der Waals surface area contributed by atoms with Crippen molar-refractivity contribution >= 4 is 44.9 Å². The predicted molar refractivity (Wildman–Crippen MR) is 163 cm³/mol. The number of carbonyl (C=O) groups is 1. The molecule has 0 saturated carbocycles. The van der Waals surface area contributed by atoms with Gasteiger partial charge in [0.15, 0.2) is 0 Å². The van der Waals surface area contributed by atoms with Crippen LogP contribution >= 0.6 is 11.3 Å². The second-order valence-electron chi connectivity index (χ2n) is 10.5. The van der Waals surface area contributed by atoms with Crippen molar-refractivity contribution < 1.29 is 9.32 Å². The maximum atomic E-state index is 13.0. The SMILES string of the molecule is Cc1ccc(Cc2nc(N3CCN(C(=O)Cc4cccs4)CC3)c3c(-c4ccc5ccccc5c4)noc3n2)cc1. The first-order valence-electron chi connectivity index (χ1n) is 13.9. The van der Waals surface area contributed by atoms with Gasteiger partial charge in [-0.3, -0.25) is 4.79 Å². The molecule has 7 nitrogen and oxygen atoms in total. The van der Waals surface area contributed by atoms with E-state index in [2.05, 4.69) is 71.6 Å². The number of amides is 1. The molecule has 7 rings (SSSR count). The van der Waals surface area contributed by atoms with Gasteiger partial charge in [0, 0.05) is 43.0 Å². The van der Waals surface area contributed by atoms with Crippen molar-refractivity contribution in [3.63, 3.8) is 0 Å². The third-order valence-electron chi connectivity index (χ3n) is 7.71. The van der Waals surface area contributed by atoms with Crippen LogP contribution in [0.2, 0.25) is 0 Å². The summed E-state index contributed by atoms with van der Waals surface area (Å²) < 4.78 is 5.87. The summed E-state index contributed by atoms with van der Waals surface area (Å²) in [5.74, 6) is 1.67. The van der Waals surface area contributed by atoms with Crippen LogP contribution in [-0.2, 0) is 17.6 Å². The van der Waals surface area contributed by atoms with Crippen LogP contribution in [0.1, 0.15) is 21.8 Å². The minimum absolute atomic E-state index is 0.168. The molecule has 1 saturated heterocycles. The fraction of sp³-hybridized carbons (Fsp3) is 0.212. The van der Waals surface area contributed by atoms with E-state index in [0.29, 0.717) is 50.6 Å². The van der Waals surface area contributed by atoms with E-state index < -0.39 is 0 Å². The summed E-state index contributed by atoms with van der Waals surface area (Å²) >= 11 is 1.63. The number of hydrogen-bond donors (Lipinski definition) is 0. The molecule has 0 radical (unpaired) electrons. The minimum Gasteiger partial charge on any atom is -0.352 e. The monoisotopic (exact) mass is 559 g/mol. The van der Waals surface area contributed by atoms with Gasteiger partial charge in [-0.1, -0.05) is 77.5 Å². The summed E-state index contributed by atoms with van der Waals surface area (Å²) in [5.41, 5.74) is 4.53. The van der Waals surface area contributed by atoms with Crippen molar-refractivity contribution in [1.29, 1.82) is 0 Å². The molecule has 0 spiro atoms. The van der Waals surface area contributed by atoms with E-state index in [0.717, 1.165) is 38.3 Å². The summed E-state index contributed by atoms with van der Waals surface area (Å²) in [6.45, 7) is 4.71. The largest absolute Gasteiger partial charge is 0.352 e. The molecule has 41 heavy (non-hydrogen) atoms. The highest BCUT2D eigenvalue weighted by atomic mass is 32.1. The van der Waals surface area contributed by atoms with Crippen molar-refractivity contribution in [2.24, 2.45) is 0 Å². The standard InChI is InChI=1S/C33H29N5O2S/c1-22-8-10-23(11-9-22)19-28-34-32(38-16-14-37(15-17-38)29(39)21-27-7-4-18-41-27)30-31(36-40-33(30)35-28)26-13-12-24-5-2-3-6-25(24)20-26/h2-13,18,20H,14-17,19,21H2,1H3. The van der Waals surface area contributed by atoms with Crippen LogP contribution in [0.3, 0.4) is 0 Å². The molecule has 0 atom stereocenters. The average molecular weight is 560 g/mol. The Balaban J connectivity index is 1.24. The zero-order valence-electron chi connectivity index (χ0n) is 22.8. The Kier molecular flexibility index (Phi) is 6.68. The first kappa shape index (κ1) is 25.4. The zero-order valence-corrected chi connectivity index (χ0v) is 23.6. The van der Waals surface area contributed by atoms with Gasteiger partial charge in [0.2, 0.25) is 5.91 Å². The highest BCUT2D eigenvalue weighted by molar-refractivity contribution is 7.10. The molecule has 1 amide bonds. The summed E-state index contributed by atoms with van der Waals surface area (Å²) in [7, 11) is 0. The number of aromatic nitrogens is 3. The van der Waals surface area contributed by atoms with Crippen molar-refractivity contribution in [1.82, 2.24) is 20.0 Å². The molecule has 1 aliphatic heterocycles. The van der Waals surface area contributed by atoms with Gasteiger partial charge in [-0.25, -0.2) is 4.98 Å². The molecule has 0 bridgehead atoms. The van der Waals surface area contributed by atoms with Gasteiger partial charge < -0.3 is 14.3 Å². The van der Waals surface area contributed by atoms with Gasteiger partial charge in [0.1, 0.15) is 22.7 Å². The van der Waals surface area contributed by atoms with E-state index in [1.807, 2.05) is 34.5 Å². The number of anilines is 1. The Labute approximate surface area is 242 Å². The molecule has 0 aliphatic carbocycles. The molecule has 0 unspecified atom stereocenters. The highest BCUT2D eigenvalue weighted by Gasteiger charge is 2.27. The smallest absolute Gasteiger partial charge is 0.263 e. The first-order chi connectivity index (χ1) is 20.1. The predicted octanol–water partition coefficient (Wildman–Crippen LogP) is 6.29. The highest BCUT2D eigenvalue weighted by Crippen LogP contribution is 2.35. The lowest BCUT2D eigenvalue weighted by molar-refractivity contribution is -0.130. The molecular formula is C33H29N5O2S. The van der Waals surface area contributed by atoms with Crippen LogP contribution in [0, 0.1) is 6.92 Å². The average Bonchev–Trinajstić information content (AvgIpc) is 3.68. The number of carbonyl (C=O) groups excluding carboxylic acids is 1. The van der Waals surface area contributed by atoms with Crippen LogP contribution in [-0.4, -0.2) is 52.1 Å². The number of piperazine rings is 1. The van der Waals surface area contributed by atoms with Crippen molar-refractivity contribution in [3.8, 4) is 11.3 Å². The van der Waals surface area contributed by atoms with Crippen LogP contribution < -0.4 is 4.90 Å². The van der Waals surface area contributed by atoms with Gasteiger partial charge in [-0.05, 0) is 40.8 Å². The molecule has 0 N–H and O–H groups in total. The van der Waals surface area contributed by atoms with Crippen LogP contribution in [0.5, 0.6) is 0 Å². The molecule has 4 heterocycles. The number of hydrogen-bond acceptors (Lipinski definition) is 7. The topological polar surface area (TPSA) is 75.4 Å². The van der Waals surface area contributed by atoms with E-state index in [1.165, 1.54) is 10.9 Å². The fourth-order valence-corrected chi connectivity index (χ4v) is 6.15. The normalized spacial score (nSPS) is 13.8. The third-order valence-corrected chi connectivity index (χ3v) is 8.58. The Morgan fingerprint density at radius 2 is 1.71 bits per heavy atom. The maximum absolute atomic E-state index is 13.0. The van der Waals surface area contributed by atoms with Crippen molar-refractivity contribution in [3.05, 3.63) is 106 Å². The third kappa shape index (κ3) is 5.18. The van der Waals surface area contributed by atoms with Crippen LogP contribution in [0.15, 0.2) is 88.8 Å². The summed E-state index contributed by atoms with van der Waals surface area (Å²) in [5, 5.41) is 9.64. The number of rotatable bonds is 6. The van der Waals surface area contributed by atoms with Crippen LogP contribution in [0.25, 0.3) is 33.1 Å². The number of benzene rings is 3. The molecular weight excluding hydrogens is 530 g/mol. The Morgan fingerprint density at radius 1 is 0.902 bits per heavy atom. The molecule has 8 heteroatoms. The molecule has 3 aromatic carbocycles. The van der Waals surface area contributed by atoms with Gasteiger partial charge >= 0.3 is 0 Å². The summed E-state index contributed by atoms with van der Waals surface area (Å²) in [6.07, 6.45) is 1.04. The van der Waals surface area contributed by atoms with Crippen molar-refractivity contribution in [2.45, 2.75) is 19.8 Å².